The molecule has 3 rings (SSSR count). The number of aryl methyl sites for hydroxylation is 1. The van der Waals surface area contributed by atoms with Crippen molar-refractivity contribution in [3.05, 3.63) is 59.2 Å². The summed E-state index contributed by atoms with van der Waals surface area (Å²) in [6.07, 6.45) is 1.06. The van der Waals surface area contributed by atoms with E-state index >= 15 is 0 Å². The van der Waals surface area contributed by atoms with Crippen LogP contribution in [0.4, 0.5) is 0 Å². The number of hydrogen-bond acceptors (Lipinski definition) is 4. The fraction of sp³-hybridized carbons (Fsp3) is 0.263. The molecule has 1 aliphatic heterocycles. The van der Waals surface area contributed by atoms with Gasteiger partial charge in [-0.15, -0.1) is 0 Å². The first-order valence-electron chi connectivity index (χ1n) is 7.89. The summed E-state index contributed by atoms with van der Waals surface area (Å²) in [5.41, 5.74) is 2.65. The zero-order valence-electron chi connectivity index (χ0n) is 13.2. The number of carbonyl (C=O) groups excluding carboxylic acids is 1. The van der Waals surface area contributed by atoms with Gasteiger partial charge in [0.15, 0.2) is 11.5 Å². The van der Waals surface area contributed by atoms with Gasteiger partial charge in [-0.3, -0.25) is 4.79 Å². The molecule has 0 fully saturated rings. The molecule has 1 amide bonds. The van der Waals surface area contributed by atoms with Crippen LogP contribution in [-0.2, 0) is 17.8 Å². The molecular weight excluding hydrogens is 304 g/mol. The van der Waals surface area contributed by atoms with E-state index in [1.54, 1.807) is 12.1 Å². The molecule has 0 saturated carbocycles. The number of benzene rings is 2. The Hall–Kier alpha value is -3.00. The Balaban J connectivity index is 1.47. The highest BCUT2D eigenvalue weighted by Gasteiger charge is 2.12. The molecule has 24 heavy (non-hydrogen) atoms. The summed E-state index contributed by atoms with van der Waals surface area (Å²) in [6, 6.07) is 15.1. The summed E-state index contributed by atoms with van der Waals surface area (Å²) in [4.78, 5) is 12.0. The van der Waals surface area contributed by atoms with Gasteiger partial charge in [-0.1, -0.05) is 18.2 Å². The van der Waals surface area contributed by atoms with Gasteiger partial charge in [-0.25, -0.2) is 0 Å². The van der Waals surface area contributed by atoms with Crippen LogP contribution >= 0.6 is 0 Å². The lowest BCUT2D eigenvalue weighted by atomic mass is 10.1. The second kappa shape index (κ2) is 7.51. The minimum atomic E-state index is -0.00533. The van der Waals surface area contributed by atoms with Crippen LogP contribution in [0.2, 0.25) is 0 Å². The molecular formula is C19H18N2O3. The maximum absolute atomic E-state index is 12.0. The van der Waals surface area contributed by atoms with Crippen LogP contribution < -0.4 is 14.8 Å². The molecule has 2 aromatic carbocycles. The van der Waals surface area contributed by atoms with Crippen molar-refractivity contribution in [3.8, 4) is 17.6 Å². The molecule has 1 heterocycles. The molecule has 0 radical (unpaired) electrons. The first-order chi connectivity index (χ1) is 11.7. The number of nitrogens with zero attached hydrogens (tertiary/aromatic N) is 1. The number of nitrogens with one attached hydrogen (secondary N) is 1. The molecule has 2 aromatic rings. The topological polar surface area (TPSA) is 71.4 Å². The lowest BCUT2D eigenvalue weighted by Crippen LogP contribution is -2.23. The highest BCUT2D eigenvalue weighted by Crippen LogP contribution is 2.30. The highest BCUT2D eigenvalue weighted by molar-refractivity contribution is 5.76. The van der Waals surface area contributed by atoms with Gasteiger partial charge in [-0.2, -0.15) is 5.26 Å². The summed E-state index contributed by atoms with van der Waals surface area (Å²) in [5.74, 6) is 1.47. The van der Waals surface area contributed by atoms with Crippen molar-refractivity contribution in [2.45, 2.75) is 19.4 Å². The van der Waals surface area contributed by atoms with Gasteiger partial charge in [0.25, 0.3) is 0 Å². The third kappa shape index (κ3) is 4.05. The average molecular weight is 322 g/mol. The molecule has 0 unspecified atom stereocenters. The monoisotopic (exact) mass is 322 g/mol. The second-order valence-corrected chi connectivity index (χ2v) is 5.56. The van der Waals surface area contributed by atoms with Crippen LogP contribution in [0.15, 0.2) is 42.5 Å². The van der Waals surface area contributed by atoms with E-state index in [9.17, 15) is 4.79 Å². The van der Waals surface area contributed by atoms with Gasteiger partial charge >= 0.3 is 0 Å². The second-order valence-electron chi connectivity index (χ2n) is 5.56. The fourth-order valence-electron chi connectivity index (χ4n) is 2.49. The van der Waals surface area contributed by atoms with Crippen LogP contribution in [0.1, 0.15) is 23.1 Å². The van der Waals surface area contributed by atoms with E-state index < -0.39 is 0 Å². The molecule has 0 aliphatic carbocycles. The fourth-order valence-corrected chi connectivity index (χ4v) is 2.49. The van der Waals surface area contributed by atoms with Gasteiger partial charge < -0.3 is 14.8 Å². The maximum Gasteiger partial charge on any atom is 0.220 e. The van der Waals surface area contributed by atoms with Crippen LogP contribution in [0, 0.1) is 11.3 Å². The Bertz CT molecular complexity index is 763. The molecule has 122 valence electrons. The molecule has 0 bridgehead atoms. The summed E-state index contributed by atoms with van der Waals surface area (Å²) in [5, 5.41) is 11.7. The molecule has 0 atom stereocenters. The SMILES string of the molecule is N#Cc1ccc(CCC(=O)NCc2ccc3c(c2)OCCO3)cc1. The van der Waals surface area contributed by atoms with Crippen molar-refractivity contribution in [3.63, 3.8) is 0 Å². The standard InChI is InChI=1S/C19H18N2O3/c20-12-15-3-1-14(2-4-15)6-8-19(22)21-13-16-5-7-17-18(11-16)24-10-9-23-17/h1-5,7,11H,6,8-10,13H2,(H,21,22). The zero-order chi connectivity index (χ0) is 16.8. The van der Waals surface area contributed by atoms with E-state index in [0.717, 1.165) is 22.6 Å². The number of rotatable bonds is 5. The predicted molar refractivity (Wildman–Crippen MR) is 88.8 cm³/mol. The largest absolute Gasteiger partial charge is 0.486 e. The molecule has 1 aliphatic rings. The molecule has 0 saturated heterocycles. The smallest absolute Gasteiger partial charge is 0.220 e. The molecule has 0 spiro atoms. The van der Waals surface area contributed by atoms with E-state index in [4.69, 9.17) is 14.7 Å². The number of amides is 1. The van der Waals surface area contributed by atoms with E-state index in [1.165, 1.54) is 0 Å². The summed E-state index contributed by atoms with van der Waals surface area (Å²) >= 11 is 0. The highest BCUT2D eigenvalue weighted by atomic mass is 16.6. The van der Waals surface area contributed by atoms with E-state index in [2.05, 4.69) is 11.4 Å². The van der Waals surface area contributed by atoms with Crippen LogP contribution in [0.25, 0.3) is 0 Å². The van der Waals surface area contributed by atoms with Gasteiger partial charge in [0.2, 0.25) is 5.91 Å². The van der Waals surface area contributed by atoms with Crippen LogP contribution in [-0.4, -0.2) is 19.1 Å². The molecule has 1 N–H and O–H groups in total. The number of hydrogen-bond donors (Lipinski definition) is 1. The van der Waals surface area contributed by atoms with Crippen molar-refractivity contribution in [2.24, 2.45) is 0 Å². The molecule has 5 nitrogen and oxygen atoms in total. The average Bonchev–Trinajstić information content (AvgIpc) is 2.65. The maximum atomic E-state index is 12.0. The van der Waals surface area contributed by atoms with E-state index in [0.29, 0.717) is 38.2 Å². The van der Waals surface area contributed by atoms with Gasteiger partial charge in [0.1, 0.15) is 13.2 Å². The number of ether oxygens (including phenoxy) is 2. The normalized spacial score (nSPS) is 12.3. The van der Waals surface area contributed by atoms with Gasteiger partial charge in [0, 0.05) is 13.0 Å². The van der Waals surface area contributed by atoms with Crippen LogP contribution in [0.3, 0.4) is 0 Å². The van der Waals surface area contributed by atoms with Crippen LogP contribution in [0.5, 0.6) is 11.5 Å². The Kier molecular flexibility index (Phi) is 4.97. The van der Waals surface area contributed by atoms with Crippen molar-refractivity contribution in [2.75, 3.05) is 13.2 Å². The first kappa shape index (κ1) is 15.9. The summed E-state index contributed by atoms with van der Waals surface area (Å²) < 4.78 is 11.0. The van der Waals surface area contributed by atoms with E-state index in [1.807, 2.05) is 30.3 Å². The van der Waals surface area contributed by atoms with Crippen molar-refractivity contribution < 1.29 is 14.3 Å². The Labute approximate surface area is 140 Å². The lowest BCUT2D eigenvalue weighted by Gasteiger charge is -2.19. The third-order valence-electron chi connectivity index (χ3n) is 3.82. The number of nitriles is 1. The third-order valence-corrected chi connectivity index (χ3v) is 3.82. The number of carbonyl (C=O) groups is 1. The Morgan fingerprint density at radius 3 is 2.50 bits per heavy atom. The van der Waals surface area contributed by atoms with E-state index in [-0.39, 0.29) is 5.91 Å². The quantitative estimate of drug-likeness (QED) is 0.918. The number of fused-ring (bicyclic) bond motifs is 1. The Morgan fingerprint density at radius 1 is 1.04 bits per heavy atom. The zero-order valence-corrected chi connectivity index (χ0v) is 13.2. The summed E-state index contributed by atoms with van der Waals surface area (Å²) in [7, 11) is 0. The Morgan fingerprint density at radius 2 is 1.75 bits per heavy atom. The van der Waals surface area contributed by atoms with Crippen molar-refractivity contribution in [1.82, 2.24) is 5.32 Å². The van der Waals surface area contributed by atoms with Crippen molar-refractivity contribution in [1.29, 1.82) is 5.26 Å². The lowest BCUT2D eigenvalue weighted by molar-refractivity contribution is -0.121. The summed E-state index contributed by atoms with van der Waals surface area (Å²) in [6.45, 7) is 1.58. The van der Waals surface area contributed by atoms with Crippen molar-refractivity contribution >= 4 is 5.91 Å². The molecule has 5 heteroatoms. The van der Waals surface area contributed by atoms with Gasteiger partial charge in [0.05, 0.1) is 11.6 Å². The minimum Gasteiger partial charge on any atom is -0.486 e. The minimum absolute atomic E-state index is 0.00533. The first-order valence-corrected chi connectivity index (χ1v) is 7.89. The van der Waals surface area contributed by atoms with Gasteiger partial charge in [-0.05, 0) is 41.8 Å². The molecule has 0 aromatic heterocycles. The predicted octanol–water partition coefficient (Wildman–Crippen LogP) is 2.58.